The molecule has 0 aromatic heterocycles. The molecule has 0 aliphatic heterocycles. The monoisotopic (exact) mass is 223 g/mol. The highest BCUT2D eigenvalue weighted by Crippen LogP contribution is 2.06. The standard InChI is InChI=1S/C11H13NO4/c1-2-16-11(14)10(13)9(12-15)8-6-4-3-5-7-8/h3-7,10,13,15H,2H2,1H3. The smallest absolute Gasteiger partial charge is 0.341 e. The fourth-order valence-corrected chi connectivity index (χ4v) is 1.21. The van der Waals surface area contributed by atoms with E-state index in [1.165, 1.54) is 0 Å². The molecule has 0 aliphatic carbocycles. The van der Waals surface area contributed by atoms with Crippen LogP contribution in [-0.2, 0) is 9.53 Å². The summed E-state index contributed by atoms with van der Waals surface area (Å²) in [7, 11) is 0. The van der Waals surface area contributed by atoms with E-state index < -0.39 is 12.1 Å². The van der Waals surface area contributed by atoms with Gasteiger partial charge in [-0.2, -0.15) is 0 Å². The van der Waals surface area contributed by atoms with Crippen molar-refractivity contribution in [3.63, 3.8) is 0 Å². The summed E-state index contributed by atoms with van der Waals surface area (Å²) in [5, 5.41) is 21.3. The summed E-state index contributed by atoms with van der Waals surface area (Å²) in [6.45, 7) is 1.78. The number of hydrogen-bond acceptors (Lipinski definition) is 5. The molecule has 1 aromatic rings. The maximum absolute atomic E-state index is 11.3. The maximum Gasteiger partial charge on any atom is 0.341 e. The number of nitrogens with zero attached hydrogens (tertiary/aromatic N) is 1. The van der Waals surface area contributed by atoms with Gasteiger partial charge < -0.3 is 15.1 Å². The molecule has 0 saturated carbocycles. The second-order valence-corrected chi connectivity index (χ2v) is 3.01. The van der Waals surface area contributed by atoms with Crippen LogP contribution in [0.2, 0.25) is 0 Å². The molecule has 0 aliphatic rings. The topological polar surface area (TPSA) is 79.1 Å². The van der Waals surface area contributed by atoms with E-state index in [1.54, 1.807) is 37.3 Å². The van der Waals surface area contributed by atoms with Gasteiger partial charge in [0, 0.05) is 5.56 Å². The number of benzene rings is 1. The third-order valence-electron chi connectivity index (χ3n) is 1.95. The van der Waals surface area contributed by atoms with Crippen molar-refractivity contribution in [2.75, 3.05) is 6.61 Å². The number of carbonyl (C=O) groups excluding carboxylic acids is 1. The number of carbonyl (C=O) groups is 1. The van der Waals surface area contributed by atoms with E-state index in [2.05, 4.69) is 9.89 Å². The summed E-state index contributed by atoms with van der Waals surface area (Å²) in [5.41, 5.74) is 0.338. The van der Waals surface area contributed by atoms with Gasteiger partial charge in [-0.15, -0.1) is 0 Å². The molecule has 5 nitrogen and oxygen atoms in total. The van der Waals surface area contributed by atoms with Crippen LogP contribution in [0.1, 0.15) is 12.5 Å². The Kier molecular flexibility index (Phi) is 4.47. The van der Waals surface area contributed by atoms with Gasteiger partial charge in [-0.05, 0) is 6.92 Å². The number of esters is 1. The van der Waals surface area contributed by atoms with Gasteiger partial charge in [0.2, 0.25) is 0 Å². The Bertz CT molecular complexity index is 375. The van der Waals surface area contributed by atoms with Crippen LogP contribution in [0.25, 0.3) is 0 Å². The van der Waals surface area contributed by atoms with Crippen LogP contribution in [0.3, 0.4) is 0 Å². The molecule has 1 aromatic carbocycles. The van der Waals surface area contributed by atoms with Gasteiger partial charge in [-0.3, -0.25) is 0 Å². The number of oxime groups is 1. The van der Waals surface area contributed by atoms with Crippen LogP contribution in [-0.4, -0.2) is 34.7 Å². The highest BCUT2D eigenvalue weighted by Gasteiger charge is 2.24. The first-order chi connectivity index (χ1) is 7.70. The zero-order valence-corrected chi connectivity index (χ0v) is 8.83. The molecule has 1 unspecified atom stereocenters. The van der Waals surface area contributed by atoms with E-state index in [9.17, 15) is 9.90 Å². The fourth-order valence-electron chi connectivity index (χ4n) is 1.21. The zero-order valence-electron chi connectivity index (χ0n) is 8.83. The minimum Gasteiger partial charge on any atom is -0.464 e. The molecule has 5 heteroatoms. The van der Waals surface area contributed by atoms with Gasteiger partial charge in [-0.25, -0.2) is 4.79 Å². The van der Waals surface area contributed by atoms with Gasteiger partial charge in [0.25, 0.3) is 0 Å². The average Bonchev–Trinajstić information content (AvgIpc) is 2.31. The molecule has 0 amide bonds. The third-order valence-corrected chi connectivity index (χ3v) is 1.95. The Morgan fingerprint density at radius 2 is 2.06 bits per heavy atom. The van der Waals surface area contributed by atoms with E-state index in [1.807, 2.05) is 0 Å². The lowest BCUT2D eigenvalue weighted by Gasteiger charge is -2.11. The predicted octanol–water partition coefficient (Wildman–Crippen LogP) is 0.789. The second-order valence-electron chi connectivity index (χ2n) is 3.01. The number of aliphatic hydroxyl groups is 1. The van der Waals surface area contributed by atoms with Gasteiger partial charge in [0.15, 0.2) is 6.10 Å². The minimum absolute atomic E-state index is 0.126. The molecule has 16 heavy (non-hydrogen) atoms. The Balaban J connectivity index is 2.88. The van der Waals surface area contributed by atoms with Crippen molar-refractivity contribution < 1.29 is 19.8 Å². The molecule has 0 spiro atoms. The first-order valence-electron chi connectivity index (χ1n) is 4.82. The lowest BCUT2D eigenvalue weighted by atomic mass is 10.1. The zero-order chi connectivity index (χ0) is 12.0. The van der Waals surface area contributed by atoms with E-state index in [0.29, 0.717) is 5.56 Å². The van der Waals surface area contributed by atoms with Crippen molar-refractivity contribution >= 4 is 11.7 Å². The van der Waals surface area contributed by atoms with Gasteiger partial charge in [0.1, 0.15) is 5.71 Å². The van der Waals surface area contributed by atoms with E-state index in [-0.39, 0.29) is 12.3 Å². The van der Waals surface area contributed by atoms with Crippen LogP contribution in [0, 0.1) is 0 Å². The van der Waals surface area contributed by atoms with Crippen molar-refractivity contribution in [1.82, 2.24) is 0 Å². The van der Waals surface area contributed by atoms with Crippen LogP contribution < -0.4 is 0 Å². The van der Waals surface area contributed by atoms with Crippen LogP contribution in [0.5, 0.6) is 0 Å². The largest absolute Gasteiger partial charge is 0.464 e. The highest BCUT2D eigenvalue weighted by atomic mass is 16.5. The SMILES string of the molecule is CCOC(=O)C(O)C(=NO)c1ccccc1. The number of aliphatic hydroxyl groups excluding tert-OH is 1. The third kappa shape index (κ3) is 2.80. The summed E-state index contributed by atoms with van der Waals surface area (Å²) in [6.07, 6.45) is -1.58. The molecule has 0 fully saturated rings. The quantitative estimate of drug-likeness (QED) is 0.342. The summed E-state index contributed by atoms with van der Waals surface area (Å²) in [6, 6.07) is 8.43. The second kappa shape index (κ2) is 5.87. The Hall–Kier alpha value is -1.88. The highest BCUT2D eigenvalue weighted by molar-refractivity contribution is 6.13. The Morgan fingerprint density at radius 3 is 2.56 bits per heavy atom. The molecule has 0 saturated heterocycles. The van der Waals surface area contributed by atoms with E-state index in [4.69, 9.17) is 5.21 Å². The molecular formula is C11H13NO4. The Morgan fingerprint density at radius 1 is 1.44 bits per heavy atom. The summed E-state index contributed by atoms with van der Waals surface area (Å²) in [5.74, 6) is -0.834. The van der Waals surface area contributed by atoms with Gasteiger partial charge in [-0.1, -0.05) is 35.5 Å². The Labute approximate surface area is 93.0 Å². The minimum atomic E-state index is -1.58. The summed E-state index contributed by atoms with van der Waals surface area (Å²) in [4.78, 5) is 11.3. The van der Waals surface area contributed by atoms with Crippen molar-refractivity contribution in [2.24, 2.45) is 5.16 Å². The first kappa shape index (κ1) is 12.2. The molecule has 1 atom stereocenters. The molecule has 2 N–H and O–H groups in total. The van der Waals surface area contributed by atoms with Crippen molar-refractivity contribution in [2.45, 2.75) is 13.0 Å². The predicted molar refractivity (Wildman–Crippen MR) is 57.4 cm³/mol. The lowest BCUT2D eigenvalue weighted by Crippen LogP contribution is -2.32. The summed E-state index contributed by atoms with van der Waals surface area (Å²) < 4.78 is 4.63. The molecule has 86 valence electrons. The molecule has 0 bridgehead atoms. The van der Waals surface area contributed by atoms with Gasteiger partial charge in [0.05, 0.1) is 6.61 Å². The van der Waals surface area contributed by atoms with Crippen LogP contribution >= 0.6 is 0 Å². The van der Waals surface area contributed by atoms with Crippen molar-refractivity contribution in [1.29, 1.82) is 0 Å². The number of hydrogen-bond donors (Lipinski definition) is 2. The molecule has 0 radical (unpaired) electrons. The normalized spacial score (nSPS) is 13.2. The summed E-state index contributed by atoms with van der Waals surface area (Å²) >= 11 is 0. The van der Waals surface area contributed by atoms with E-state index >= 15 is 0 Å². The van der Waals surface area contributed by atoms with E-state index in [0.717, 1.165) is 0 Å². The van der Waals surface area contributed by atoms with Crippen LogP contribution in [0.4, 0.5) is 0 Å². The number of ether oxygens (including phenoxy) is 1. The van der Waals surface area contributed by atoms with Crippen LogP contribution in [0.15, 0.2) is 35.5 Å². The molecule has 0 heterocycles. The fraction of sp³-hybridized carbons (Fsp3) is 0.273. The lowest BCUT2D eigenvalue weighted by molar-refractivity contribution is -0.149. The first-order valence-corrected chi connectivity index (χ1v) is 4.82. The van der Waals surface area contributed by atoms with Crippen molar-refractivity contribution in [3.05, 3.63) is 35.9 Å². The molecular weight excluding hydrogens is 210 g/mol. The van der Waals surface area contributed by atoms with Gasteiger partial charge >= 0.3 is 5.97 Å². The number of rotatable bonds is 4. The maximum atomic E-state index is 11.3. The average molecular weight is 223 g/mol. The molecule has 1 rings (SSSR count). The van der Waals surface area contributed by atoms with Crippen molar-refractivity contribution in [3.8, 4) is 0 Å².